The van der Waals surface area contributed by atoms with Crippen LogP contribution in [0.4, 0.5) is 5.69 Å². The Kier molecular flexibility index (Phi) is 6.62. The van der Waals surface area contributed by atoms with Crippen LogP contribution in [0.5, 0.6) is 0 Å². The Hall–Kier alpha value is -1.81. The quantitative estimate of drug-likeness (QED) is 0.850. The first kappa shape index (κ1) is 18.2. The van der Waals surface area contributed by atoms with E-state index in [0.717, 1.165) is 0 Å². The number of amides is 2. The standard InChI is InChI=1S/C14H15ClN4O2.ClH/c1-9(20)19-5-4-17-13(8-19)14(21)18-11-2-3-12(15)10(6-11)7-16;/h2-3,6,13,17H,4-5,8H2,1H3,(H,18,21);1H. The van der Waals surface area contributed by atoms with E-state index in [0.29, 0.717) is 35.9 Å². The van der Waals surface area contributed by atoms with Gasteiger partial charge in [0.05, 0.1) is 10.6 Å². The molecule has 1 atom stereocenters. The molecule has 0 aliphatic carbocycles. The van der Waals surface area contributed by atoms with E-state index >= 15 is 0 Å². The number of rotatable bonds is 2. The van der Waals surface area contributed by atoms with Crippen LogP contribution in [0.1, 0.15) is 12.5 Å². The molecule has 118 valence electrons. The van der Waals surface area contributed by atoms with Gasteiger partial charge in [-0.3, -0.25) is 9.59 Å². The third kappa shape index (κ3) is 4.34. The summed E-state index contributed by atoms with van der Waals surface area (Å²) in [6.45, 7) is 2.99. The summed E-state index contributed by atoms with van der Waals surface area (Å²) in [7, 11) is 0. The van der Waals surface area contributed by atoms with Gasteiger partial charge in [0.1, 0.15) is 12.1 Å². The average Bonchev–Trinajstić information content (AvgIpc) is 2.49. The van der Waals surface area contributed by atoms with E-state index in [1.807, 2.05) is 6.07 Å². The van der Waals surface area contributed by atoms with Crippen LogP contribution in [0.3, 0.4) is 0 Å². The van der Waals surface area contributed by atoms with Crippen molar-refractivity contribution in [3.8, 4) is 6.07 Å². The summed E-state index contributed by atoms with van der Waals surface area (Å²) in [5, 5.41) is 15.1. The van der Waals surface area contributed by atoms with E-state index in [2.05, 4.69) is 10.6 Å². The summed E-state index contributed by atoms with van der Waals surface area (Å²) >= 11 is 5.84. The van der Waals surface area contributed by atoms with Crippen molar-refractivity contribution in [2.45, 2.75) is 13.0 Å². The van der Waals surface area contributed by atoms with Gasteiger partial charge in [-0.1, -0.05) is 11.6 Å². The summed E-state index contributed by atoms with van der Waals surface area (Å²) in [5.74, 6) is -0.292. The molecule has 2 rings (SSSR count). The number of hydrogen-bond donors (Lipinski definition) is 2. The first-order valence-electron chi connectivity index (χ1n) is 6.50. The van der Waals surface area contributed by atoms with Gasteiger partial charge < -0.3 is 15.5 Å². The third-order valence-electron chi connectivity index (χ3n) is 3.29. The highest BCUT2D eigenvalue weighted by molar-refractivity contribution is 6.31. The molecule has 0 aromatic heterocycles. The lowest BCUT2D eigenvalue weighted by Gasteiger charge is -2.32. The molecule has 1 heterocycles. The number of halogens is 2. The fourth-order valence-electron chi connectivity index (χ4n) is 2.13. The van der Waals surface area contributed by atoms with Crippen LogP contribution in [0.25, 0.3) is 0 Å². The van der Waals surface area contributed by atoms with Crippen molar-refractivity contribution in [3.05, 3.63) is 28.8 Å². The van der Waals surface area contributed by atoms with Crippen LogP contribution >= 0.6 is 24.0 Å². The van der Waals surface area contributed by atoms with Gasteiger partial charge in [-0.25, -0.2) is 0 Å². The second-order valence-electron chi connectivity index (χ2n) is 4.77. The van der Waals surface area contributed by atoms with Gasteiger partial charge in [0.25, 0.3) is 0 Å². The van der Waals surface area contributed by atoms with Gasteiger partial charge in [0, 0.05) is 32.2 Å². The van der Waals surface area contributed by atoms with Crippen molar-refractivity contribution in [1.29, 1.82) is 5.26 Å². The smallest absolute Gasteiger partial charge is 0.243 e. The number of nitrogens with one attached hydrogen (secondary N) is 2. The molecule has 0 saturated carbocycles. The van der Waals surface area contributed by atoms with E-state index in [1.165, 1.54) is 13.0 Å². The van der Waals surface area contributed by atoms with Crippen molar-refractivity contribution in [2.75, 3.05) is 25.0 Å². The predicted octanol–water partition coefficient (Wildman–Crippen LogP) is 1.39. The number of benzene rings is 1. The molecule has 22 heavy (non-hydrogen) atoms. The van der Waals surface area contributed by atoms with Crippen LogP contribution in [-0.4, -0.2) is 42.4 Å². The van der Waals surface area contributed by atoms with Crippen LogP contribution in [0, 0.1) is 11.3 Å². The first-order chi connectivity index (χ1) is 10.0. The van der Waals surface area contributed by atoms with Crippen molar-refractivity contribution >= 4 is 41.5 Å². The Balaban J connectivity index is 0.00000242. The molecule has 6 nitrogen and oxygen atoms in total. The SMILES string of the molecule is CC(=O)N1CCNC(C(=O)Nc2ccc(Cl)c(C#N)c2)C1.Cl. The molecule has 1 unspecified atom stereocenters. The zero-order valence-corrected chi connectivity index (χ0v) is 13.5. The lowest BCUT2D eigenvalue weighted by molar-refractivity contribution is -0.131. The second kappa shape index (κ2) is 7.99. The Morgan fingerprint density at radius 2 is 2.23 bits per heavy atom. The monoisotopic (exact) mass is 342 g/mol. The highest BCUT2D eigenvalue weighted by atomic mass is 35.5. The number of carbonyl (C=O) groups excluding carboxylic acids is 2. The molecule has 0 radical (unpaired) electrons. The summed E-state index contributed by atoms with van der Waals surface area (Å²) in [6, 6.07) is 6.20. The number of nitriles is 1. The van der Waals surface area contributed by atoms with E-state index in [9.17, 15) is 9.59 Å². The van der Waals surface area contributed by atoms with Crippen molar-refractivity contribution in [2.24, 2.45) is 0 Å². The van der Waals surface area contributed by atoms with E-state index in [4.69, 9.17) is 16.9 Å². The largest absolute Gasteiger partial charge is 0.340 e. The predicted molar refractivity (Wildman–Crippen MR) is 86.1 cm³/mol. The molecule has 0 bridgehead atoms. The summed E-state index contributed by atoms with van der Waals surface area (Å²) in [5.41, 5.74) is 0.805. The molecule has 2 N–H and O–H groups in total. The Morgan fingerprint density at radius 1 is 1.50 bits per heavy atom. The molecule has 0 spiro atoms. The first-order valence-corrected chi connectivity index (χ1v) is 6.88. The summed E-state index contributed by atoms with van der Waals surface area (Å²) in [6.07, 6.45) is 0. The minimum Gasteiger partial charge on any atom is -0.340 e. The number of nitrogens with zero attached hydrogens (tertiary/aromatic N) is 2. The lowest BCUT2D eigenvalue weighted by atomic mass is 10.1. The van der Waals surface area contributed by atoms with E-state index in [-0.39, 0.29) is 24.2 Å². The molecular formula is C14H16Cl2N4O2. The van der Waals surface area contributed by atoms with Crippen LogP contribution in [0.2, 0.25) is 5.02 Å². The maximum atomic E-state index is 12.2. The maximum absolute atomic E-state index is 12.2. The van der Waals surface area contributed by atoms with Gasteiger partial charge in [0.2, 0.25) is 11.8 Å². The van der Waals surface area contributed by atoms with Crippen molar-refractivity contribution < 1.29 is 9.59 Å². The molecule has 1 aromatic carbocycles. The molecule has 1 aliphatic rings. The molecular weight excluding hydrogens is 327 g/mol. The summed E-state index contributed by atoms with van der Waals surface area (Å²) in [4.78, 5) is 25.2. The maximum Gasteiger partial charge on any atom is 0.243 e. The highest BCUT2D eigenvalue weighted by Gasteiger charge is 2.26. The molecule has 1 aliphatic heterocycles. The topological polar surface area (TPSA) is 85.2 Å². The molecule has 1 fully saturated rings. The lowest BCUT2D eigenvalue weighted by Crippen LogP contribution is -2.56. The molecule has 2 amide bonds. The van der Waals surface area contributed by atoms with Crippen molar-refractivity contribution in [1.82, 2.24) is 10.2 Å². The zero-order chi connectivity index (χ0) is 15.4. The van der Waals surface area contributed by atoms with Gasteiger partial charge in [-0.05, 0) is 18.2 Å². The fraction of sp³-hybridized carbons (Fsp3) is 0.357. The highest BCUT2D eigenvalue weighted by Crippen LogP contribution is 2.19. The number of hydrogen-bond acceptors (Lipinski definition) is 4. The van der Waals surface area contributed by atoms with Gasteiger partial charge in [-0.15, -0.1) is 12.4 Å². The Morgan fingerprint density at radius 3 is 2.86 bits per heavy atom. The number of anilines is 1. The second-order valence-corrected chi connectivity index (χ2v) is 5.17. The van der Waals surface area contributed by atoms with Crippen LogP contribution in [0.15, 0.2) is 18.2 Å². The zero-order valence-electron chi connectivity index (χ0n) is 11.9. The van der Waals surface area contributed by atoms with E-state index < -0.39 is 6.04 Å². The summed E-state index contributed by atoms with van der Waals surface area (Å²) < 4.78 is 0. The number of carbonyl (C=O) groups is 2. The van der Waals surface area contributed by atoms with E-state index in [1.54, 1.807) is 17.0 Å². The van der Waals surface area contributed by atoms with Crippen LogP contribution in [-0.2, 0) is 9.59 Å². The molecule has 1 saturated heterocycles. The molecule has 8 heteroatoms. The normalized spacial score (nSPS) is 17.1. The average molecular weight is 343 g/mol. The van der Waals surface area contributed by atoms with Gasteiger partial charge >= 0.3 is 0 Å². The number of piperazine rings is 1. The molecule has 1 aromatic rings. The van der Waals surface area contributed by atoms with Gasteiger partial charge in [0.15, 0.2) is 0 Å². The fourth-order valence-corrected chi connectivity index (χ4v) is 2.29. The van der Waals surface area contributed by atoms with Crippen LogP contribution < -0.4 is 10.6 Å². The Labute approximate surface area is 139 Å². The third-order valence-corrected chi connectivity index (χ3v) is 3.62. The van der Waals surface area contributed by atoms with Gasteiger partial charge in [-0.2, -0.15) is 5.26 Å². The minimum atomic E-state index is -0.469. The van der Waals surface area contributed by atoms with Crippen molar-refractivity contribution in [3.63, 3.8) is 0 Å². The minimum absolute atomic E-state index is 0. The Bertz CT molecular complexity index is 615.